The molecule has 0 bridgehead atoms. The number of anilines is 1. The van der Waals surface area contributed by atoms with E-state index in [-0.39, 0.29) is 17.7 Å². The van der Waals surface area contributed by atoms with Gasteiger partial charge in [0.25, 0.3) is 5.91 Å². The van der Waals surface area contributed by atoms with E-state index in [4.69, 9.17) is 5.73 Å². The maximum absolute atomic E-state index is 11.5. The van der Waals surface area contributed by atoms with Crippen LogP contribution in [-0.2, 0) is 6.54 Å². The number of aromatic nitrogens is 3. The summed E-state index contributed by atoms with van der Waals surface area (Å²) < 4.78 is 0. The highest BCUT2D eigenvalue weighted by molar-refractivity contribution is 7.07. The van der Waals surface area contributed by atoms with Crippen molar-refractivity contribution in [3.63, 3.8) is 0 Å². The van der Waals surface area contributed by atoms with Gasteiger partial charge in [0.05, 0.1) is 0 Å². The number of rotatable bonds is 3. The van der Waals surface area contributed by atoms with Gasteiger partial charge in [0.15, 0.2) is 0 Å². The maximum Gasteiger partial charge on any atom is 0.288 e. The first-order valence-corrected chi connectivity index (χ1v) is 5.17. The van der Waals surface area contributed by atoms with Crippen LogP contribution >= 0.6 is 11.3 Å². The van der Waals surface area contributed by atoms with E-state index in [1.54, 1.807) is 11.3 Å². The summed E-state index contributed by atoms with van der Waals surface area (Å²) in [5, 5.41) is 12.6. The highest BCUT2D eigenvalue weighted by atomic mass is 32.1. The molecule has 2 heterocycles. The molecular weight excluding hydrogens is 214 g/mol. The number of carbonyl (C=O) groups excluding carboxylic acids is 1. The summed E-state index contributed by atoms with van der Waals surface area (Å²) >= 11 is 1.58. The molecule has 0 aliphatic rings. The normalized spacial score (nSPS) is 10.1. The number of carbonyl (C=O) groups is 1. The molecule has 0 saturated carbocycles. The molecule has 0 aliphatic carbocycles. The summed E-state index contributed by atoms with van der Waals surface area (Å²) in [5.41, 5.74) is 6.33. The molecule has 0 fully saturated rings. The number of nitrogens with zero attached hydrogens (tertiary/aromatic N) is 2. The van der Waals surface area contributed by atoms with Crippen molar-refractivity contribution in [2.24, 2.45) is 0 Å². The zero-order valence-corrected chi connectivity index (χ0v) is 8.54. The number of nitrogens with one attached hydrogen (secondary N) is 2. The maximum atomic E-state index is 11.5. The Morgan fingerprint density at radius 3 is 3.13 bits per heavy atom. The van der Waals surface area contributed by atoms with Crippen molar-refractivity contribution in [2.45, 2.75) is 6.54 Å². The fraction of sp³-hybridized carbons (Fsp3) is 0.125. The zero-order chi connectivity index (χ0) is 10.7. The molecule has 4 N–H and O–H groups in total. The molecule has 0 aromatic carbocycles. The molecule has 2 rings (SSSR count). The number of amides is 1. The van der Waals surface area contributed by atoms with Gasteiger partial charge in [-0.05, 0) is 22.4 Å². The van der Waals surface area contributed by atoms with Gasteiger partial charge in [-0.1, -0.05) is 0 Å². The molecule has 0 saturated heterocycles. The summed E-state index contributed by atoms with van der Waals surface area (Å²) in [4.78, 5) is 15.2. The van der Waals surface area contributed by atoms with E-state index >= 15 is 0 Å². The van der Waals surface area contributed by atoms with Crippen LogP contribution in [0.3, 0.4) is 0 Å². The van der Waals surface area contributed by atoms with E-state index in [1.807, 2.05) is 16.8 Å². The van der Waals surface area contributed by atoms with Crippen LogP contribution in [0, 0.1) is 0 Å². The van der Waals surface area contributed by atoms with E-state index < -0.39 is 0 Å². The first-order chi connectivity index (χ1) is 7.25. The molecule has 78 valence electrons. The van der Waals surface area contributed by atoms with Gasteiger partial charge in [-0.25, -0.2) is 0 Å². The molecular formula is C8H9N5OS. The van der Waals surface area contributed by atoms with Gasteiger partial charge in [0.1, 0.15) is 0 Å². The molecule has 0 aliphatic heterocycles. The largest absolute Gasteiger partial charge is 0.366 e. The van der Waals surface area contributed by atoms with Crippen LogP contribution in [0.5, 0.6) is 0 Å². The van der Waals surface area contributed by atoms with E-state index in [0.29, 0.717) is 6.54 Å². The second-order valence-corrected chi connectivity index (χ2v) is 3.64. The molecule has 0 spiro atoms. The second-order valence-electron chi connectivity index (χ2n) is 2.86. The molecule has 0 atom stereocenters. The highest BCUT2D eigenvalue weighted by Gasteiger charge is 2.09. The summed E-state index contributed by atoms with van der Waals surface area (Å²) in [6.45, 7) is 0.475. The number of aromatic amines is 1. The number of thiophene rings is 1. The van der Waals surface area contributed by atoms with Gasteiger partial charge >= 0.3 is 0 Å². The minimum Gasteiger partial charge on any atom is -0.366 e. The van der Waals surface area contributed by atoms with Crippen molar-refractivity contribution in [3.8, 4) is 0 Å². The van der Waals surface area contributed by atoms with Crippen molar-refractivity contribution in [2.75, 3.05) is 5.73 Å². The fourth-order valence-corrected chi connectivity index (χ4v) is 1.70. The molecule has 6 nitrogen and oxygen atoms in total. The van der Waals surface area contributed by atoms with Crippen LogP contribution in [0.2, 0.25) is 0 Å². The first kappa shape index (κ1) is 9.66. The number of hydrogen-bond acceptors (Lipinski definition) is 5. The van der Waals surface area contributed by atoms with Crippen molar-refractivity contribution in [1.82, 2.24) is 20.5 Å². The quantitative estimate of drug-likeness (QED) is 0.700. The lowest BCUT2D eigenvalue weighted by atomic mass is 10.3. The minimum atomic E-state index is -0.314. The predicted molar refractivity (Wildman–Crippen MR) is 56.3 cm³/mol. The van der Waals surface area contributed by atoms with Crippen LogP contribution < -0.4 is 11.1 Å². The van der Waals surface area contributed by atoms with Gasteiger partial charge in [-0.15, -0.1) is 5.10 Å². The van der Waals surface area contributed by atoms with Crippen LogP contribution in [0.25, 0.3) is 0 Å². The van der Waals surface area contributed by atoms with Crippen molar-refractivity contribution in [3.05, 3.63) is 28.2 Å². The average molecular weight is 223 g/mol. The Bertz CT molecular complexity index is 449. The molecule has 7 heteroatoms. The Hall–Kier alpha value is -1.89. The van der Waals surface area contributed by atoms with Gasteiger partial charge < -0.3 is 11.1 Å². The highest BCUT2D eigenvalue weighted by Crippen LogP contribution is 2.05. The topological polar surface area (TPSA) is 96.7 Å². The summed E-state index contributed by atoms with van der Waals surface area (Å²) in [6.07, 6.45) is 0. The van der Waals surface area contributed by atoms with Crippen LogP contribution in [-0.4, -0.2) is 21.1 Å². The molecule has 0 radical (unpaired) electrons. The molecule has 15 heavy (non-hydrogen) atoms. The van der Waals surface area contributed by atoms with Gasteiger partial charge in [-0.2, -0.15) is 16.3 Å². The van der Waals surface area contributed by atoms with Crippen molar-refractivity contribution in [1.29, 1.82) is 0 Å². The minimum absolute atomic E-state index is 0.0654. The smallest absolute Gasteiger partial charge is 0.288 e. The summed E-state index contributed by atoms with van der Waals surface area (Å²) in [6, 6.07) is 1.94. The van der Waals surface area contributed by atoms with E-state index in [9.17, 15) is 4.79 Å². The van der Waals surface area contributed by atoms with Gasteiger partial charge in [0, 0.05) is 6.54 Å². The molecule has 2 aromatic rings. The van der Waals surface area contributed by atoms with Crippen molar-refractivity contribution < 1.29 is 4.79 Å². The number of nitrogens with two attached hydrogens (primary N) is 1. The van der Waals surface area contributed by atoms with Crippen LogP contribution in [0.15, 0.2) is 16.8 Å². The molecule has 2 aromatic heterocycles. The number of hydrogen-bond donors (Lipinski definition) is 3. The molecule has 0 unspecified atom stereocenters. The zero-order valence-electron chi connectivity index (χ0n) is 7.73. The van der Waals surface area contributed by atoms with Crippen LogP contribution in [0.4, 0.5) is 5.95 Å². The van der Waals surface area contributed by atoms with Gasteiger partial charge in [0.2, 0.25) is 11.8 Å². The average Bonchev–Trinajstić information content (AvgIpc) is 2.84. The number of nitrogen functional groups attached to an aromatic ring is 1. The third-order valence-electron chi connectivity index (χ3n) is 1.75. The van der Waals surface area contributed by atoms with E-state index in [1.165, 1.54) is 0 Å². The monoisotopic (exact) mass is 223 g/mol. The Kier molecular flexibility index (Phi) is 2.64. The SMILES string of the molecule is Nc1n[nH]c(C(=O)NCc2ccsc2)n1. The van der Waals surface area contributed by atoms with Crippen LogP contribution in [0.1, 0.15) is 16.2 Å². The Labute approximate surface area is 89.5 Å². The van der Waals surface area contributed by atoms with Crippen molar-refractivity contribution >= 4 is 23.2 Å². The summed E-state index contributed by atoms with van der Waals surface area (Å²) in [5.74, 6) is -0.121. The predicted octanol–water partition coefficient (Wildman–Crippen LogP) is 0.378. The third kappa shape index (κ3) is 2.32. The molecule has 1 amide bonds. The second kappa shape index (κ2) is 4.09. The van der Waals surface area contributed by atoms with E-state index in [2.05, 4.69) is 20.5 Å². The Balaban J connectivity index is 1.93. The lowest BCUT2D eigenvalue weighted by Gasteiger charge is -1.99. The Morgan fingerprint density at radius 2 is 2.53 bits per heavy atom. The lowest BCUT2D eigenvalue weighted by molar-refractivity contribution is 0.0941. The van der Waals surface area contributed by atoms with E-state index in [0.717, 1.165) is 5.56 Å². The standard InChI is InChI=1S/C8H9N5OS/c9-8-11-6(12-13-8)7(14)10-3-5-1-2-15-4-5/h1-2,4H,3H2,(H,10,14)(H3,9,11,12,13). The van der Waals surface area contributed by atoms with Gasteiger partial charge in [-0.3, -0.25) is 9.89 Å². The Morgan fingerprint density at radius 1 is 1.67 bits per heavy atom. The third-order valence-corrected chi connectivity index (χ3v) is 2.48. The first-order valence-electron chi connectivity index (χ1n) is 4.23. The number of H-pyrrole nitrogens is 1. The fourth-order valence-electron chi connectivity index (χ4n) is 1.04. The lowest BCUT2D eigenvalue weighted by Crippen LogP contribution is -2.23. The summed E-state index contributed by atoms with van der Waals surface area (Å²) in [7, 11) is 0.